The van der Waals surface area contributed by atoms with Crippen LogP contribution in [0.15, 0.2) is 181 Å². The average molecular weight is 683 g/mol. The molecule has 3 heterocycles. The van der Waals surface area contributed by atoms with Crippen LogP contribution >= 0.6 is 0 Å². The minimum Gasteiger partial charge on any atom is -0.332 e. The Kier molecular flexibility index (Phi) is 2.47. The largest absolute Gasteiger partial charge is 0.332 e. The number of para-hydroxylation sites is 6. The molecule has 0 bridgehead atoms. The second-order valence-electron chi connectivity index (χ2n) is 11.2. The van der Waals surface area contributed by atoms with Gasteiger partial charge in [0.2, 0.25) is 0 Å². The first-order valence-electron chi connectivity index (χ1n) is 30.8. The molecule has 240 valence electrons. The topological polar surface area (TPSA) is 14.8 Å². The van der Waals surface area contributed by atoms with Gasteiger partial charge in [0.25, 0.3) is 0 Å². The van der Waals surface area contributed by atoms with Crippen molar-refractivity contribution >= 4 is 71.0 Å². The Morgan fingerprint density at radius 3 is 1.55 bits per heavy atom. The van der Waals surface area contributed by atoms with Gasteiger partial charge in [0, 0.05) is 56.0 Å². The summed E-state index contributed by atoms with van der Waals surface area (Å²) in [5.74, 6) is 0. The molecule has 1 aliphatic carbocycles. The normalized spacial score (nSPS) is 25.4. The van der Waals surface area contributed by atoms with E-state index in [0.717, 1.165) is 9.13 Å². The van der Waals surface area contributed by atoms with Crippen molar-refractivity contribution in [3.05, 3.63) is 187 Å². The molecule has 0 fully saturated rings. The highest BCUT2D eigenvalue weighted by Crippen LogP contribution is 2.44. The zero-order valence-corrected chi connectivity index (χ0v) is 25.5. The Morgan fingerprint density at radius 1 is 0.471 bits per heavy atom. The molecular weight excluding hydrogens is 619 g/mol. The van der Waals surface area contributed by atoms with Crippen molar-refractivity contribution in [3.8, 4) is 11.4 Å². The molecule has 0 saturated carbocycles. The molecule has 3 aromatic heterocycles. The molecule has 3 heteroatoms. The monoisotopic (exact) mass is 682 g/mol. The first-order valence-corrected chi connectivity index (χ1v) is 15.2. The number of hydrogen-bond acceptors (Lipinski definition) is 0. The lowest BCUT2D eigenvalue weighted by molar-refractivity contribution is 0.665. The van der Waals surface area contributed by atoms with Crippen LogP contribution in [0.1, 0.15) is 60.5 Å². The maximum absolute atomic E-state index is 10.1. The molecule has 2 unspecified atom stereocenters. The highest BCUT2D eigenvalue weighted by Gasteiger charge is 2.26. The molecule has 0 amide bonds. The van der Waals surface area contributed by atoms with Crippen LogP contribution < -0.4 is 0 Å². The lowest BCUT2D eigenvalue weighted by atomic mass is 9.90. The van der Waals surface area contributed by atoms with Gasteiger partial charge in [-0.25, -0.2) is 0 Å². The Balaban J connectivity index is 1.39. The summed E-state index contributed by atoms with van der Waals surface area (Å²) >= 11 is 0. The third-order valence-corrected chi connectivity index (χ3v) is 8.71. The highest BCUT2D eigenvalue weighted by molar-refractivity contribution is 6.12. The summed E-state index contributed by atoms with van der Waals surface area (Å²) in [5, 5.41) is -3.51. The molecular formula is C48H33N3. The number of rotatable bonds is 4. The lowest BCUT2D eigenvalue weighted by Gasteiger charge is -2.27. The smallest absolute Gasteiger partial charge is 0.0652 e. The van der Waals surface area contributed by atoms with Crippen LogP contribution in [0.2, 0.25) is 0 Å². The van der Waals surface area contributed by atoms with Crippen molar-refractivity contribution in [1.29, 1.82) is 0 Å². The van der Waals surface area contributed by atoms with Crippen molar-refractivity contribution < 1.29 is 42.5 Å². The van der Waals surface area contributed by atoms with Gasteiger partial charge in [-0.15, -0.1) is 0 Å². The molecule has 2 atom stereocenters. The molecule has 7 aromatic carbocycles. The summed E-state index contributed by atoms with van der Waals surface area (Å²) in [6.45, 7) is 0. The van der Waals surface area contributed by atoms with Gasteiger partial charge in [0.1, 0.15) is 0 Å². The minimum absolute atomic E-state index is 0.502. The van der Waals surface area contributed by atoms with Gasteiger partial charge in [0.15, 0.2) is 0 Å². The Bertz CT molecular complexity index is 4680. The van der Waals surface area contributed by atoms with E-state index in [1.54, 1.807) is 0 Å². The number of allylic oxidation sites excluding steroid dienone is 4. The summed E-state index contributed by atoms with van der Waals surface area (Å²) in [4.78, 5) is 0. The quantitative estimate of drug-likeness (QED) is 0.175. The van der Waals surface area contributed by atoms with Crippen LogP contribution in [0, 0.1) is 0 Å². The Hall–Kier alpha value is -6.58. The molecule has 0 N–H and O–H groups in total. The van der Waals surface area contributed by atoms with Gasteiger partial charge in [-0.1, -0.05) is 127 Å². The third-order valence-electron chi connectivity index (χ3n) is 8.71. The van der Waals surface area contributed by atoms with Crippen molar-refractivity contribution in [3.63, 3.8) is 0 Å². The summed E-state index contributed by atoms with van der Waals surface area (Å²) in [6.07, 6.45) is -2.33. The average Bonchev–Trinajstić information content (AvgIpc) is 1.61. The zero-order valence-electron chi connectivity index (χ0n) is 56.5. The van der Waals surface area contributed by atoms with E-state index < -0.39 is 282 Å². The molecule has 0 spiro atoms. The van der Waals surface area contributed by atoms with Crippen LogP contribution in [-0.2, 0) is 0 Å². The fraction of sp³-hybridized carbons (Fsp3) is 0.0417. The van der Waals surface area contributed by atoms with E-state index in [1.165, 1.54) is 0 Å². The lowest BCUT2D eigenvalue weighted by Crippen LogP contribution is -2.14. The van der Waals surface area contributed by atoms with Crippen LogP contribution in [-0.4, -0.2) is 13.7 Å². The molecule has 0 radical (unpaired) electrons. The molecule has 51 heavy (non-hydrogen) atoms. The molecule has 3 nitrogen and oxygen atoms in total. The van der Waals surface area contributed by atoms with Crippen molar-refractivity contribution in [2.24, 2.45) is 0 Å². The van der Waals surface area contributed by atoms with Gasteiger partial charge >= 0.3 is 0 Å². The Labute approximate surface area is 338 Å². The van der Waals surface area contributed by atoms with E-state index in [1.807, 2.05) is 0 Å². The Morgan fingerprint density at radius 2 is 0.941 bits per heavy atom. The van der Waals surface area contributed by atoms with E-state index in [4.69, 9.17) is 27.4 Å². The van der Waals surface area contributed by atoms with Crippen LogP contribution in [0.4, 0.5) is 0 Å². The molecule has 10 aromatic rings. The van der Waals surface area contributed by atoms with Crippen LogP contribution in [0.25, 0.3) is 82.4 Å². The zero-order chi connectivity index (χ0) is 60.4. The summed E-state index contributed by atoms with van der Waals surface area (Å²) < 4.78 is 285. The van der Waals surface area contributed by atoms with E-state index in [9.17, 15) is 15.1 Å². The standard InChI is InChI=1S/C48H33N3/c1-8-22-41-33(15-1)34-16-2-9-23-42(34)49(41)32-29-30-48-40(31-32)39-21-7-14-28-47(39)51(48)46-27-13-6-20-38(46)37-19-5-12-26-45(37)50-43-24-10-3-17-35(43)36-18-4-11-25-44(36)50/h1-26,28-31,46H,27H2/i1D,2D,3D,4D,5D,6D,7D,8D,9D,10D,11D,12D,13D,14D,15D,16D,17D,18D,19D,20D,21D,22D,23D,24D,25D,26D,27D,28D,29D,30D,31D. The van der Waals surface area contributed by atoms with Gasteiger partial charge in [-0.05, 0) is 66.4 Å². The van der Waals surface area contributed by atoms with E-state index in [0.29, 0.717) is 4.57 Å². The maximum Gasteiger partial charge on any atom is 0.0652 e. The molecule has 0 saturated heterocycles. The second kappa shape index (κ2) is 11.0. The fourth-order valence-corrected chi connectivity index (χ4v) is 6.67. The van der Waals surface area contributed by atoms with Gasteiger partial charge in [-0.2, -0.15) is 0 Å². The molecule has 0 aliphatic heterocycles. The number of hydrogen-bond donors (Lipinski definition) is 0. The predicted octanol–water partition coefficient (Wildman–Crippen LogP) is 12.6. The number of benzene rings is 7. The number of nitrogens with zero attached hydrogens (tertiary/aromatic N) is 3. The highest BCUT2D eigenvalue weighted by atomic mass is 15.0. The van der Waals surface area contributed by atoms with Crippen LogP contribution in [0.5, 0.6) is 0 Å². The summed E-state index contributed by atoms with van der Waals surface area (Å²) in [5.41, 5.74) is -7.69. The van der Waals surface area contributed by atoms with Crippen molar-refractivity contribution in [1.82, 2.24) is 13.7 Å². The fourth-order valence-electron chi connectivity index (χ4n) is 6.67. The van der Waals surface area contributed by atoms with E-state index in [2.05, 4.69) is 0 Å². The van der Waals surface area contributed by atoms with Crippen LogP contribution in [0.3, 0.4) is 0 Å². The van der Waals surface area contributed by atoms with Gasteiger partial charge in [0.05, 0.1) is 74.9 Å². The van der Waals surface area contributed by atoms with E-state index >= 15 is 0 Å². The maximum atomic E-state index is 10.1. The molecule has 1 aliphatic rings. The number of fused-ring (bicyclic) bond motifs is 9. The minimum atomic E-state index is -2.34. The number of aromatic nitrogens is 3. The summed E-state index contributed by atoms with van der Waals surface area (Å²) in [6, 6.07) is -31.2. The SMILES string of the molecule is [2H]C1=C([2H])C([2H])C(n2c3c([2H])c([2H])c([2H])c([2H])c3c3c([2H])c(-n4c5c([2H])c([2H])c([2H])c([2H])c5c5c([2H])c([2H])c([2H])c([2H])c54)c([2H])c([2H])c32)C(c2c([2H])c([2H])c([2H])c([2H])c2-n2c3c([2H])c([2H])c([2H])c([2H])c3c3c([2H])c([2H])c([2H])c([2H])c32)=C1[2H]. The van der Waals surface area contributed by atoms with E-state index in [-0.39, 0.29) is 0 Å². The van der Waals surface area contributed by atoms with Gasteiger partial charge in [-0.3, -0.25) is 0 Å². The van der Waals surface area contributed by atoms with Crippen molar-refractivity contribution in [2.45, 2.75) is 12.4 Å². The predicted molar refractivity (Wildman–Crippen MR) is 215 cm³/mol. The third kappa shape index (κ3) is 4.06. The van der Waals surface area contributed by atoms with Crippen molar-refractivity contribution in [2.75, 3.05) is 0 Å². The first-order chi connectivity index (χ1) is 38.2. The van der Waals surface area contributed by atoms with Gasteiger partial charge < -0.3 is 13.7 Å². The summed E-state index contributed by atoms with van der Waals surface area (Å²) in [7, 11) is 0. The molecule has 11 rings (SSSR count). The first kappa shape index (κ1) is 11.5. The second-order valence-corrected chi connectivity index (χ2v) is 11.2.